The predicted molar refractivity (Wildman–Crippen MR) is 136 cm³/mol. The maximum absolute atomic E-state index is 13.9. The van der Waals surface area contributed by atoms with E-state index >= 15 is 0 Å². The molecule has 174 valence electrons. The van der Waals surface area contributed by atoms with Crippen LogP contribution in [0.5, 0.6) is 11.5 Å². The average molecular weight is 554 g/mol. The molecule has 0 radical (unpaired) electrons. The summed E-state index contributed by atoms with van der Waals surface area (Å²) in [7, 11) is 3.32. The summed E-state index contributed by atoms with van der Waals surface area (Å²) in [5.74, 6) is 1.96. The third-order valence-electron chi connectivity index (χ3n) is 5.96. The van der Waals surface area contributed by atoms with Crippen molar-refractivity contribution in [3.05, 3.63) is 58.9 Å². The van der Waals surface area contributed by atoms with Gasteiger partial charge in [-0.15, -0.1) is 24.0 Å². The van der Waals surface area contributed by atoms with E-state index in [9.17, 15) is 4.39 Å². The van der Waals surface area contributed by atoms with Crippen LogP contribution in [0.3, 0.4) is 0 Å². The highest BCUT2D eigenvalue weighted by Crippen LogP contribution is 2.26. The van der Waals surface area contributed by atoms with Crippen molar-refractivity contribution >= 4 is 29.9 Å². The van der Waals surface area contributed by atoms with Crippen molar-refractivity contribution in [2.75, 3.05) is 53.5 Å². The average Bonchev–Trinajstić information content (AvgIpc) is 3.26. The van der Waals surface area contributed by atoms with E-state index in [2.05, 4.69) is 38.3 Å². The third kappa shape index (κ3) is 6.04. The second-order valence-electron chi connectivity index (χ2n) is 8.00. The summed E-state index contributed by atoms with van der Waals surface area (Å²) in [6, 6.07) is 11.7. The van der Waals surface area contributed by atoms with Crippen LogP contribution in [0.4, 0.5) is 4.39 Å². The lowest BCUT2D eigenvalue weighted by atomic mass is 10.1. The summed E-state index contributed by atoms with van der Waals surface area (Å²) in [5, 5.41) is 3.50. The maximum atomic E-state index is 13.9. The van der Waals surface area contributed by atoms with Crippen molar-refractivity contribution in [2.45, 2.75) is 19.4 Å². The molecule has 2 aromatic carbocycles. The van der Waals surface area contributed by atoms with Crippen LogP contribution < -0.4 is 14.8 Å². The zero-order valence-corrected chi connectivity index (χ0v) is 21.1. The van der Waals surface area contributed by atoms with Crippen LogP contribution in [0, 0.1) is 5.82 Å². The molecule has 1 saturated heterocycles. The smallest absolute Gasteiger partial charge is 0.193 e. The van der Waals surface area contributed by atoms with E-state index in [0.29, 0.717) is 0 Å². The SMILES string of the molecule is CN=C(NCCc1ccc2c(c1)CCO2)N1CCN(Cc2ccc(OC)c(F)c2)CC1.I. The van der Waals surface area contributed by atoms with E-state index in [4.69, 9.17) is 9.47 Å². The van der Waals surface area contributed by atoms with Crippen LogP contribution in [0.1, 0.15) is 16.7 Å². The molecule has 0 atom stereocenters. The van der Waals surface area contributed by atoms with Gasteiger partial charge < -0.3 is 19.7 Å². The number of piperazine rings is 1. The number of benzene rings is 2. The van der Waals surface area contributed by atoms with Gasteiger partial charge in [0.05, 0.1) is 13.7 Å². The Bertz CT molecular complexity index is 932. The quantitative estimate of drug-likeness (QED) is 0.338. The molecule has 1 N–H and O–H groups in total. The van der Waals surface area contributed by atoms with Crippen molar-refractivity contribution in [1.82, 2.24) is 15.1 Å². The van der Waals surface area contributed by atoms with Gasteiger partial charge in [0, 0.05) is 52.7 Å². The highest BCUT2D eigenvalue weighted by Gasteiger charge is 2.20. The molecule has 2 aliphatic heterocycles. The number of methoxy groups -OCH3 is 1. The van der Waals surface area contributed by atoms with Crippen LogP contribution in [0.2, 0.25) is 0 Å². The van der Waals surface area contributed by atoms with E-state index in [1.807, 2.05) is 13.1 Å². The zero-order chi connectivity index (χ0) is 21.6. The van der Waals surface area contributed by atoms with Crippen molar-refractivity contribution in [3.8, 4) is 11.5 Å². The number of fused-ring (bicyclic) bond motifs is 1. The van der Waals surface area contributed by atoms with Gasteiger partial charge in [-0.05, 0) is 41.3 Å². The second kappa shape index (κ2) is 11.7. The van der Waals surface area contributed by atoms with Gasteiger partial charge in [0.15, 0.2) is 17.5 Å². The monoisotopic (exact) mass is 554 g/mol. The van der Waals surface area contributed by atoms with Crippen molar-refractivity contribution in [2.24, 2.45) is 4.99 Å². The fraction of sp³-hybridized carbons (Fsp3) is 0.458. The third-order valence-corrected chi connectivity index (χ3v) is 5.96. The Morgan fingerprint density at radius 1 is 1.12 bits per heavy atom. The summed E-state index contributed by atoms with van der Waals surface area (Å²) >= 11 is 0. The topological polar surface area (TPSA) is 49.3 Å². The summed E-state index contributed by atoms with van der Waals surface area (Å²) in [4.78, 5) is 9.11. The molecule has 8 heteroatoms. The second-order valence-corrected chi connectivity index (χ2v) is 8.00. The highest BCUT2D eigenvalue weighted by molar-refractivity contribution is 14.0. The molecule has 6 nitrogen and oxygen atoms in total. The van der Waals surface area contributed by atoms with Crippen LogP contribution >= 0.6 is 24.0 Å². The van der Waals surface area contributed by atoms with E-state index in [1.165, 1.54) is 18.2 Å². The zero-order valence-electron chi connectivity index (χ0n) is 18.8. The minimum atomic E-state index is -0.306. The van der Waals surface area contributed by atoms with E-state index in [-0.39, 0.29) is 35.5 Å². The molecule has 0 aromatic heterocycles. The number of aliphatic imine (C=N–C) groups is 1. The molecule has 0 bridgehead atoms. The van der Waals surface area contributed by atoms with Gasteiger partial charge in [0.1, 0.15) is 5.75 Å². The number of guanidine groups is 1. The first-order chi connectivity index (χ1) is 15.2. The van der Waals surface area contributed by atoms with Gasteiger partial charge in [-0.1, -0.05) is 18.2 Å². The Morgan fingerprint density at radius 3 is 2.62 bits per heavy atom. The minimum Gasteiger partial charge on any atom is -0.494 e. The molecule has 0 saturated carbocycles. The molecule has 32 heavy (non-hydrogen) atoms. The van der Waals surface area contributed by atoms with Crippen LogP contribution in [-0.2, 0) is 19.4 Å². The first-order valence-electron chi connectivity index (χ1n) is 10.9. The highest BCUT2D eigenvalue weighted by atomic mass is 127. The first kappa shape index (κ1) is 24.6. The van der Waals surface area contributed by atoms with Gasteiger partial charge in [0.25, 0.3) is 0 Å². The molecule has 2 aromatic rings. The Hall–Kier alpha value is -2.07. The number of ether oxygens (including phenoxy) is 2. The molecular weight excluding hydrogens is 522 g/mol. The van der Waals surface area contributed by atoms with E-state index in [1.54, 1.807) is 12.1 Å². The Morgan fingerprint density at radius 2 is 1.91 bits per heavy atom. The molecule has 4 rings (SSSR count). The largest absolute Gasteiger partial charge is 0.494 e. The van der Waals surface area contributed by atoms with Gasteiger partial charge in [-0.2, -0.15) is 0 Å². The van der Waals surface area contributed by atoms with E-state index in [0.717, 1.165) is 76.0 Å². The number of nitrogens with zero attached hydrogens (tertiary/aromatic N) is 3. The minimum absolute atomic E-state index is 0. The summed E-state index contributed by atoms with van der Waals surface area (Å²) in [6.45, 7) is 6.00. The van der Waals surface area contributed by atoms with Gasteiger partial charge in [-0.3, -0.25) is 9.89 Å². The summed E-state index contributed by atoms with van der Waals surface area (Å²) in [6.07, 6.45) is 1.96. The van der Waals surface area contributed by atoms with Crippen LogP contribution in [0.15, 0.2) is 41.4 Å². The van der Waals surface area contributed by atoms with Crippen LogP contribution in [0.25, 0.3) is 0 Å². The molecular formula is C24H32FIN4O2. The number of hydrogen-bond donors (Lipinski definition) is 1. The van der Waals surface area contributed by atoms with Gasteiger partial charge >= 0.3 is 0 Å². The van der Waals surface area contributed by atoms with Crippen molar-refractivity contribution < 1.29 is 13.9 Å². The standard InChI is InChI=1S/C24H31FN4O2.HI/c1-26-24(27-9-7-18-3-5-22-20(15-18)8-14-31-22)29-12-10-28(11-13-29)17-19-4-6-23(30-2)21(25)16-19;/h3-6,15-16H,7-14,17H2,1-2H3,(H,26,27);1H. The molecule has 0 unspecified atom stereocenters. The normalized spacial score (nSPS) is 16.2. The van der Waals surface area contributed by atoms with Gasteiger partial charge in [0.2, 0.25) is 0 Å². The molecule has 2 aliphatic rings. The maximum Gasteiger partial charge on any atom is 0.193 e. The molecule has 2 heterocycles. The lowest BCUT2D eigenvalue weighted by molar-refractivity contribution is 0.172. The number of rotatable bonds is 6. The molecule has 1 fully saturated rings. The first-order valence-corrected chi connectivity index (χ1v) is 10.9. The fourth-order valence-corrected chi connectivity index (χ4v) is 4.23. The number of halogens is 2. The van der Waals surface area contributed by atoms with Crippen LogP contribution in [-0.4, -0.2) is 69.2 Å². The summed E-state index contributed by atoms with van der Waals surface area (Å²) < 4.78 is 24.5. The van der Waals surface area contributed by atoms with Crippen molar-refractivity contribution in [3.63, 3.8) is 0 Å². The fourth-order valence-electron chi connectivity index (χ4n) is 4.23. The predicted octanol–water partition coefficient (Wildman–Crippen LogP) is 3.32. The Kier molecular flexibility index (Phi) is 8.98. The number of hydrogen-bond acceptors (Lipinski definition) is 4. The van der Waals surface area contributed by atoms with Gasteiger partial charge in [-0.25, -0.2) is 4.39 Å². The lowest BCUT2D eigenvalue weighted by Gasteiger charge is -2.36. The molecule has 0 spiro atoms. The molecule has 0 amide bonds. The van der Waals surface area contributed by atoms with Crippen molar-refractivity contribution in [1.29, 1.82) is 0 Å². The van der Waals surface area contributed by atoms with E-state index < -0.39 is 0 Å². The Balaban J connectivity index is 0.00000289. The Labute approximate surface area is 206 Å². The lowest BCUT2D eigenvalue weighted by Crippen LogP contribution is -2.52. The summed E-state index contributed by atoms with van der Waals surface area (Å²) in [5.41, 5.74) is 3.60. The number of nitrogens with one attached hydrogen (secondary N) is 1. The molecule has 0 aliphatic carbocycles.